The van der Waals surface area contributed by atoms with Crippen molar-refractivity contribution in [3.8, 4) is 5.75 Å². The van der Waals surface area contributed by atoms with Crippen LogP contribution in [0.2, 0.25) is 0 Å². The Hall–Kier alpha value is -1.12. The van der Waals surface area contributed by atoms with Gasteiger partial charge in [-0.15, -0.1) is 0 Å². The van der Waals surface area contributed by atoms with Crippen LogP contribution in [0.25, 0.3) is 0 Å². The van der Waals surface area contributed by atoms with Gasteiger partial charge < -0.3 is 5.11 Å². The summed E-state index contributed by atoms with van der Waals surface area (Å²) in [6, 6.07) is 14.4. The molecule has 0 amide bonds. The number of para-hydroxylation sites is 1. The smallest absolute Gasteiger partial charge is 0.115 e. The van der Waals surface area contributed by atoms with Crippen LogP contribution >= 0.6 is 0 Å². The van der Waals surface area contributed by atoms with Crippen LogP contribution in [0.3, 0.4) is 0 Å². The van der Waals surface area contributed by atoms with Crippen LogP contribution in [0.4, 0.5) is 0 Å². The van der Waals surface area contributed by atoms with E-state index in [0.717, 1.165) is 0 Å². The van der Waals surface area contributed by atoms with Crippen molar-refractivity contribution in [2.75, 3.05) is 0 Å². The third-order valence-corrected chi connectivity index (χ3v) is 1.32. The fourth-order valence-electron chi connectivity index (χ4n) is 0.741. The van der Waals surface area contributed by atoms with E-state index in [1.54, 1.807) is 36.7 Å². The van der Waals surface area contributed by atoms with Crippen molar-refractivity contribution < 1.29 is 26.8 Å². The van der Waals surface area contributed by atoms with Gasteiger partial charge >= 0.3 is 0 Å². The first-order valence-electron chi connectivity index (χ1n) is 3.98. The molecular formula is C11H11NOTi. The number of aromatic hydroxyl groups is 1. The SMILES string of the molecule is Oc1ccccc1.[Ti].c1ccncc1. The second kappa shape index (κ2) is 8.48. The molecule has 0 aliphatic carbocycles. The average Bonchev–Trinajstić information content (AvgIpc) is 2.22. The summed E-state index contributed by atoms with van der Waals surface area (Å²) < 4.78 is 0. The Balaban J connectivity index is 0.000000227. The molecule has 2 nitrogen and oxygen atoms in total. The topological polar surface area (TPSA) is 33.1 Å². The van der Waals surface area contributed by atoms with Crippen molar-refractivity contribution in [2.45, 2.75) is 0 Å². The number of aromatic nitrogens is 1. The van der Waals surface area contributed by atoms with Crippen molar-refractivity contribution in [3.63, 3.8) is 0 Å². The average molecular weight is 221 g/mol. The third-order valence-electron chi connectivity index (χ3n) is 1.32. The van der Waals surface area contributed by atoms with E-state index in [1.165, 1.54) is 0 Å². The number of pyridine rings is 1. The molecule has 0 unspecified atom stereocenters. The Labute approximate surface area is 98.5 Å². The number of nitrogens with zero attached hydrogens (tertiary/aromatic N) is 1. The first-order chi connectivity index (χ1) is 6.39. The van der Waals surface area contributed by atoms with E-state index in [-0.39, 0.29) is 21.7 Å². The van der Waals surface area contributed by atoms with Crippen molar-refractivity contribution in [1.82, 2.24) is 4.98 Å². The fourth-order valence-corrected chi connectivity index (χ4v) is 0.741. The largest absolute Gasteiger partial charge is 0.508 e. The number of rotatable bonds is 0. The fraction of sp³-hybridized carbons (Fsp3) is 0. The third kappa shape index (κ3) is 6.41. The van der Waals surface area contributed by atoms with Gasteiger partial charge in [-0.25, -0.2) is 0 Å². The Morgan fingerprint density at radius 2 is 1.29 bits per heavy atom. The maximum absolute atomic E-state index is 8.63. The maximum atomic E-state index is 8.63. The molecule has 1 heterocycles. The Bertz CT molecular complexity index is 286. The summed E-state index contributed by atoms with van der Waals surface area (Å²) in [6.07, 6.45) is 3.50. The molecule has 0 aliphatic heterocycles. The van der Waals surface area contributed by atoms with E-state index in [9.17, 15) is 0 Å². The second-order valence-corrected chi connectivity index (χ2v) is 2.36. The summed E-state index contributed by atoms with van der Waals surface area (Å²) in [6.45, 7) is 0. The maximum Gasteiger partial charge on any atom is 0.115 e. The molecule has 0 radical (unpaired) electrons. The van der Waals surface area contributed by atoms with Crippen LogP contribution < -0.4 is 0 Å². The zero-order chi connectivity index (χ0) is 9.36. The molecule has 2 rings (SSSR count). The van der Waals surface area contributed by atoms with Crippen molar-refractivity contribution in [2.24, 2.45) is 0 Å². The molecule has 1 aromatic heterocycles. The molecule has 0 saturated carbocycles. The van der Waals surface area contributed by atoms with Gasteiger partial charge in [-0.05, 0) is 24.3 Å². The van der Waals surface area contributed by atoms with Gasteiger partial charge in [-0.1, -0.05) is 24.3 Å². The van der Waals surface area contributed by atoms with Gasteiger partial charge in [-0.2, -0.15) is 0 Å². The van der Waals surface area contributed by atoms with E-state index < -0.39 is 0 Å². The Morgan fingerprint density at radius 1 is 0.786 bits per heavy atom. The van der Waals surface area contributed by atoms with E-state index in [0.29, 0.717) is 5.75 Å². The monoisotopic (exact) mass is 221 g/mol. The van der Waals surface area contributed by atoms with Crippen molar-refractivity contribution >= 4 is 0 Å². The zero-order valence-corrected chi connectivity index (χ0v) is 9.23. The Kier molecular flexibility index (Phi) is 7.81. The summed E-state index contributed by atoms with van der Waals surface area (Å²) in [7, 11) is 0. The zero-order valence-electron chi connectivity index (χ0n) is 7.67. The molecule has 0 spiro atoms. The molecule has 0 bridgehead atoms. The van der Waals surface area contributed by atoms with Crippen LogP contribution in [0.1, 0.15) is 0 Å². The molecule has 14 heavy (non-hydrogen) atoms. The first kappa shape index (κ1) is 12.9. The molecule has 0 atom stereocenters. The number of phenolic OH excluding ortho intramolecular Hbond substituents is 1. The number of phenols is 1. The second-order valence-electron chi connectivity index (χ2n) is 2.36. The molecule has 1 N–H and O–H groups in total. The molecule has 1 aromatic carbocycles. The van der Waals surface area contributed by atoms with E-state index in [4.69, 9.17) is 5.11 Å². The summed E-state index contributed by atoms with van der Waals surface area (Å²) in [5.74, 6) is 0.322. The van der Waals surface area contributed by atoms with Gasteiger partial charge in [0.15, 0.2) is 0 Å². The predicted molar refractivity (Wildman–Crippen MR) is 52.3 cm³/mol. The van der Waals surface area contributed by atoms with Gasteiger partial charge in [0, 0.05) is 34.1 Å². The number of hydrogen-bond acceptors (Lipinski definition) is 2. The van der Waals surface area contributed by atoms with Crippen molar-refractivity contribution in [3.05, 3.63) is 60.9 Å². The molecule has 0 saturated heterocycles. The van der Waals surface area contributed by atoms with Crippen LogP contribution in [-0.4, -0.2) is 10.1 Å². The van der Waals surface area contributed by atoms with Gasteiger partial charge in [0.1, 0.15) is 5.75 Å². The van der Waals surface area contributed by atoms with E-state index in [2.05, 4.69) is 4.98 Å². The van der Waals surface area contributed by atoms with E-state index in [1.807, 2.05) is 24.3 Å². The summed E-state index contributed by atoms with van der Waals surface area (Å²) in [5, 5.41) is 8.63. The van der Waals surface area contributed by atoms with Gasteiger partial charge in [0.2, 0.25) is 0 Å². The van der Waals surface area contributed by atoms with Gasteiger partial charge in [0.25, 0.3) is 0 Å². The normalized spacial score (nSPS) is 7.71. The van der Waals surface area contributed by atoms with Crippen LogP contribution in [0.5, 0.6) is 5.75 Å². The molecule has 2 aromatic rings. The summed E-state index contributed by atoms with van der Waals surface area (Å²) >= 11 is 0. The quantitative estimate of drug-likeness (QED) is 0.693. The minimum Gasteiger partial charge on any atom is -0.508 e. The molecular weight excluding hydrogens is 210 g/mol. The van der Waals surface area contributed by atoms with Crippen molar-refractivity contribution in [1.29, 1.82) is 0 Å². The van der Waals surface area contributed by atoms with Crippen LogP contribution in [-0.2, 0) is 21.7 Å². The first-order valence-corrected chi connectivity index (χ1v) is 3.98. The van der Waals surface area contributed by atoms with Crippen LogP contribution in [0.15, 0.2) is 60.9 Å². The standard InChI is InChI=1S/C6H6O.C5H5N.Ti/c7-6-4-2-1-3-5-6;1-2-4-6-5-3-1;/h1-5,7H;1-5H;. The molecule has 70 valence electrons. The number of benzene rings is 1. The minimum atomic E-state index is 0. The predicted octanol–water partition coefficient (Wildman–Crippen LogP) is 2.47. The van der Waals surface area contributed by atoms with E-state index >= 15 is 0 Å². The minimum absolute atomic E-state index is 0. The molecule has 0 aliphatic rings. The van der Waals surface area contributed by atoms with Gasteiger partial charge in [-0.3, -0.25) is 4.98 Å². The molecule has 0 fully saturated rings. The molecule has 3 heteroatoms. The Morgan fingerprint density at radius 3 is 1.50 bits per heavy atom. The van der Waals surface area contributed by atoms with Crippen LogP contribution in [0, 0.1) is 0 Å². The summed E-state index contributed by atoms with van der Waals surface area (Å²) in [5.41, 5.74) is 0. The number of hydrogen-bond donors (Lipinski definition) is 1. The summed E-state index contributed by atoms with van der Waals surface area (Å²) in [4.78, 5) is 3.78. The van der Waals surface area contributed by atoms with Gasteiger partial charge in [0.05, 0.1) is 0 Å².